The van der Waals surface area contributed by atoms with Gasteiger partial charge in [0.25, 0.3) is 11.8 Å². The highest BCUT2D eigenvalue weighted by Crippen LogP contribution is 2.27. The maximum absolute atomic E-state index is 13.1. The number of hydrogen-bond donors (Lipinski definition) is 0. The second-order valence-corrected chi connectivity index (χ2v) is 8.08. The minimum atomic E-state index is -0.173. The molecule has 0 radical (unpaired) electrons. The van der Waals surface area contributed by atoms with Crippen molar-refractivity contribution < 1.29 is 14.3 Å². The van der Waals surface area contributed by atoms with E-state index in [1.54, 1.807) is 38.9 Å². The summed E-state index contributed by atoms with van der Waals surface area (Å²) < 4.78 is 7.80. The van der Waals surface area contributed by atoms with Gasteiger partial charge in [0.05, 0.1) is 18.8 Å². The molecule has 32 heavy (non-hydrogen) atoms. The number of aromatic nitrogens is 4. The number of pyridine rings is 1. The van der Waals surface area contributed by atoms with E-state index in [4.69, 9.17) is 4.74 Å². The van der Waals surface area contributed by atoms with Gasteiger partial charge in [0.2, 0.25) is 0 Å². The lowest BCUT2D eigenvalue weighted by Crippen LogP contribution is -2.51. The fraction of sp³-hybridized carbons (Fsp3) is 0.348. The molecule has 0 spiro atoms. The molecule has 9 heteroatoms. The second-order valence-electron chi connectivity index (χ2n) is 8.08. The van der Waals surface area contributed by atoms with Gasteiger partial charge in [-0.15, -0.1) is 5.10 Å². The van der Waals surface area contributed by atoms with E-state index in [1.165, 1.54) is 5.56 Å². The Morgan fingerprint density at radius 3 is 2.38 bits per heavy atom. The Labute approximate surface area is 185 Å². The third kappa shape index (κ3) is 3.87. The molecule has 1 atom stereocenters. The lowest BCUT2D eigenvalue weighted by Gasteiger charge is -2.34. The molecule has 1 saturated heterocycles. The summed E-state index contributed by atoms with van der Waals surface area (Å²) in [5.74, 6) is -0.289. The maximum atomic E-state index is 13.1. The molecule has 9 nitrogen and oxygen atoms in total. The van der Waals surface area contributed by atoms with Crippen molar-refractivity contribution in [1.29, 1.82) is 0 Å². The van der Waals surface area contributed by atoms with Crippen LogP contribution in [-0.4, -0.2) is 67.8 Å². The molecule has 2 aliphatic heterocycles. The molecule has 3 aromatic rings. The van der Waals surface area contributed by atoms with Crippen LogP contribution in [0.2, 0.25) is 0 Å². The first kappa shape index (κ1) is 20.3. The average Bonchev–Trinajstić information content (AvgIpc) is 3.27. The molecule has 2 aliphatic rings. The molecule has 164 valence electrons. The van der Waals surface area contributed by atoms with Crippen LogP contribution < -0.4 is 0 Å². The molecule has 0 bridgehead atoms. The van der Waals surface area contributed by atoms with Gasteiger partial charge in [0, 0.05) is 32.4 Å². The van der Waals surface area contributed by atoms with Crippen molar-refractivity contribution in [3.8, 4) is 0 Å². The predicted octanol–water partition coefficient (Wildman–Crippen LogP) is 1.85. The zero-order chi connectivity index (χ0) is 22.1. The summed E-state index contributed by atoms with van der Waals surface area (Å²) in [6.45, 7) is 4.64. The monoisotopic (exact) mass is 432 g/mol. The molecule has 5 rings (SSSR count). The van der Waals surface area contributed by atoms with Crippen LogP contribution in [0.4, 0.5) is 0 Å². The first-order valence-corrected chi connectivity index (χ1v) is 10.7. The summed E-state index contributed by atoms with van der Waals surface area (Å²) in [6, 6.07) is 13.5. The Hall–Kier alpha value is -3.59. The molecular weight excluding hydrogens is 408 g/mol. The molecule has 0 unspecified atom stereocenters. The van der Waals surface area contributed by atoms with E-state index < -0.39 is 0 Å². The van der Waals surface area contributed by atoms with Gasteiger partial charge in [0.15, 0.2) is 5.69 Å². The van der Waals surface area contributed by atoms with Crippen molar-refractivity contribution in [2.75, 3.05) is 26.2 Å². The second kappa shape index (κ2) is 8.51. The highest BCUT2D eigenvalue weighted by Gasteiger charge is 2.32. The van der Waals surface area contributed by atoms with Gasteiger partial charge >= 0.3 is 0 Å². The van der Waals surface area contributed by atoms with Gasteiger partial charge in [-0.05, 0) is 24.6 Å². The summed E-state index contributed by atoms with van der Waals surface area (Å²) in [6.07, 6.45) is 1.49. The Kier molecular flexibility index (Phi) is 5.40. The van der Waals surface area contributed by atoms with Crippen LogP contribution in [-0.2, 0) is 17.9 Å². The van der Waals surface area contributed by atoms with Gasteiger partial charge in [-0.1, -0.05) is 41.1 Å². The predicted molar refractivity (Wildman–Crippen MR) is 115 cm³/mol. The van der Waals surface area contributed by atoms with Crippen molar-refractivity contribution in [1.82, 2.24) is 29.8 Å². The molecule has 0 N–H and O–H groups in total. The number of benzene rings is 1. The molecule has 1 aromatic carbocycles. The molecule has 1 fully saturated rings. The SMILES string of the molecule is Cc1ccc([C@@H]2Cn3nnc(C(=O)N4CCN(C(=O)c5ccccn5)CC4)c3CO2)cc1. The molecule has 2 aromatic heterocycles. The van der Waals surface area contributed by atoms with E-state index in [-0.39, 0.29) is 24.5 Å². The third-order valence-electron chi connectivity index (χ3n) is 5.99. The molecule has 0 aliphatic carbocycles. The van der Waals surface area contributed by atoms with Crippen molar-refractivity contribution in [2.45, 2.75) is 26.2 Å². The van der Waals surface area contributed by atoms with E-state index in [0.29, 0.717) is 49.8 Å². The summed E-state index contributed by atoms with van der Waals surface area (Å²) in [4.78, 5) is 33.3. The minimum absolute atomic E-state index is 0.116. The number of ether oxygens (including phenoxy) is 1. The van der Waals surface area contributed by atoms with Crippen LogP contribution >= 0.6 is 0 Å². The minimum Gasteiger partial charge on any atom is -0.365 e. The Bertz CT molecular complexity index is 1120. The number of carbonyl (C=O) groups is 2. The molecular formula is C23H24N6O3. The van der Waals surface area contributed by atoms with Gasteiger partial charge in [-0.3, -0.25) is 14.6 Å². The van der Waals surface area contributed by atoms with Crippen LogP contribution in [0, 0.1) is 6.92 Å². The molecule has 0 saturated carbocycles. The Morgan fingerprint density at radius 1 is 0.969 bits per heavy atom. The highest BCUT2D eigenvalue weighted by atomic mass is 16.5. The van der Waals surface area contributed by atoms with E-state index in [1.807, 2.05) is 6.92 Å². The summed E-state index contributed by atoms with van der Waals surface area (Å²) in [7, 11) is 0. The Balaban J connectivity index is 1.23. The number of piperazine rings is 1. The summed E-state index contributed by atoms with van der Waals surface area (Å²) in [5.41, 5.74) is 3.72. The fourth-order valence-corrected chi connectivity index (χ4v) is 4.07. The number of aryl methyl sites for hydroxylation is 1. The standard InChI is InChI=1S/C23H24N6O3/c1-16-5-7-17(8-6-16)20-14-29-19(15-32-20)21(25-26-29)23(31)28-12-10-27(11-13-28)22(30)18-4-2-3-9-24-18/h2-9,20H,10-15H2,1H3/t20-/m0/s1. The number of amides is 2. The first-order chi connectivity index (χ1) is 15.6. The number of hydrogen-bond acceptors (Lipinski definition) is 6. The number of fused-ring (bicyclic) bond motifs is 1. The van der Waals surface area contributed by atoms with Crippen molar-refractivity contribution in [2.24, 2.45) is 0 Å². The number of nitrogens with zero attached hydrogens (tertiary/aromatic N) is 6. The average molecular weight is 432 g/mol. The van der Waals surface area contributed by atoms with Crippen LogP contribution in [0.25, 0.3) is 0 Å². The van der Waals surface area contributed by atoms with E-state index >= 15 is 0 Å². The Morgan fingerprint density at radius 2 is 1.69 bits per heavy atom. The zero-order valence-corrected chi connectivity index (χ0v) is 17.8. The molecule has 4 heterocycles. The van der Waals surface area contributed by atoms with E-state index in [0.717, 1.165) is 5.56 Å². The fourth-order valence-electron chi connectivity index (χ4n) is 4.07. The quantitative estimate of drug-likeness (QED) is 0.627. The lowest BCUT2D eigenvalue weighted by atomic mass is 10.1. The zero-order valence-electron chi connectivity index (χ0n) is 17.8. The van der Waals surface area contributed by atoms with Crippen LogP contribution in [0.15, 0.2) is 48.7 Å². The van der Waals surface area contributed by atoms with E-state index in [2.05, 4.69) is 39.6 Å². The van der Waals surface area contributed by atoms with Crippen LogP contribution in [0.1, 0.15) is 43.9 Å². The highest BCUT2D eigenvalue weighted by molar-refractivity contribution is 5.94. The van der Waals surface area contributed by atoms with E-state index in [9.17, 15) is 9.59 Å². The largest absolute Gasteiger partial charge is 0.365 e. The van der Waals surface area contributed by atoms with Gasteiger partial charge < -0.3 is 14.5 Å². The number of carbonyl (C=O) groups excluding carboxylic acids is 2. The van der Waals surface area contributed by atoms with Gasteiger partial charge in [-0.25, -0.2) is 4.68 Å². The van der Waals surface area contributed by atoms with Crippen LogP contribution in [0.3, 0.4) is 0 Å². The van der Waals surface area contributed by atoms with Crippen LogP contribution in [0.5, 0.6) is 0 Å². The first-order valence-electron chi connectivity index (χ1n) is 10.7. The van der Waals surface area contributed by atoms with Gasteiger partial charge in [-0.2, -0.15) is 0 Å². The topological polar surface area (TPSA) is 93.5 Å². The summed E-state index contributed by atoms with van der Waals surface area (Å²) in [5, 5.41) is 8.38. The normalized spacial score (nSPS) is 18.3. The smallest absolute Gasteiger partial charge is 0.276 e. The van der Waals surface area contributed by atoms with Crippen molar-refractivity contribution >= 4 is 11.8 Å². The number of rotatable bonds is 3. The lowest BCUT2D eigenvalue weighted by molar-refractivity contribution is -0.00203. The summed E-state index contributed by atoms with van der Waals surface area (Å²) >= 11 is 0. The van der Waals surface area contributed by atoms with Crippen molar-refractivity contribution in [3.63, 3.8) is 0 Å². The van der Waals surface area contributed by atoms with Gasteiger partial charge in [0.1, 0.15) is 11.8 Å². The van der Waals surface area contributed by atoms with Crippen molar-refractivity contribution in [3.05, 3.63) is 76.9 Å². The third-order valence-corrected chi connectivity index (χ3v) is 5.99. The molecule has 2 amide bonds. The maximum Gasteiger partial charge on any atom is 0.276 e.